The third-order valence-corrected chi connectivity index (χ3v) is 2.60. The summed E-state index contributed by atoms with van der Waals surface area (Å²) in [4.78, 5) is 13.2. The number of rotatable bonds is 6. The molecule has 0 bridgehead atoms. The van der Waals surface area contributed by atoms with Crippen LogP contribution >= 0.6 is 11.6 Å². The van der Waals surface area contributed by atoms with Gasteiger partial charge in [0.1, 0.15) is 11.6 Å². The van der Waals surface area contributed by atoms with Gasteiger partial charge >= 0.3 is 0 Å². The van der Waals surface area contributed by atoms with Crippen LogP contribution in [0.25, 0.3) is 0 Å². The number of hydrogen-bond acceptors (Lipinski definition) is 2. The van der Waals surface area contributed by atoms with E-state index < -0.39 is 0 Å². The van der Waals surface area contributed by atoms with Gasteiger partial charge in [0.2, 0.25) is 5.91 Å². The van der Waals surface area contributed by atoms with E-state index in [1.165, 1.54) is 0 Å². The number of para-hydroxylation sites is 1. The molecule has 0 heterocycles. The lowest BCUT2D eigenvalue weighted by molar-refractivity contribution is -0.128. The van der Waals surface area contributed by atoms with E-state index in [4.69, 9.17) is 16.3 Å². The molecule has 0 aliphatic carbocycles. The van der Waals surface area contributed by atoms with Crippen LogP contribution in [-0.4, -0.2) is 30.3 Å². The molecule has 1 aromatic rings. The van der Waals surface area contributed by atoms with E-state index in [2.05, 4.69) is 6.58 Å². The molecule has 1 rings (SSSR count). The number of halogens is 1. The quantitative estimate of drug-likeness (QED) is 0.576. The molecular formula is C13H16ClNO2. The van der Waals surface area contributed by atoms with E-state index in [1.807, 2.05) is 24.3 Å². The summed E-state index contributed by atoms with van der Waals surface area (Å²) in [6, 6.07) is 7.60. The van der Waals surface area contributed by atoms with E-state index in [0.29, 0.717) is 13.1 Å². The van der Waals surface area contributed by atoms with Crippen LogP contribution in [0.5, 0.6) is 5.75 Å². The summed E-state index contributed by atoms with van der Waals surface area (Å²) < 4.78 is 5.24. The lowest BCUT2D eigenvalue weighted by Gasteiger charge is -2.21. The first-order valence-electron chi connectivity index (χ1n) is 5.29. The normalized spacial score (nSPS) is 9.76. The van der Waals surface area contributed by atoms with Crippen LogP contribution in [0.15, 0.2) is 36.9 Å². The second-order valence-corrected chi connectivity index (χ2v) is 3.78. The van der Waals surface area contributed by atoms with Crippen molar-refractivity contribution in [2.75, 3.05) is 19.5 Å². The first-order chi connectivity index (χ1) is 8.22. The van der Waals surface area contributed by atoms with Gasteiger partial charge in [-0.25, -0.2) is 0 Å². The second kappa shape index (κ2) is 6.97. The average molecular weight is 254 g/mol. The van der Waals surface area contributed by atoms with Crippen molar-refractivity contribution < 1.29 is 9.53 Å². The molecule has 92 valence electrons. The van der Waals surface area contributed by atoms with Gasteiger partial charge in [-0.05, 0) is 6.07 Å². The molecule has 3 nitrogen and oxygen atoms in total. The van der Waals surface area contributed by atoms with Gasteiger partial charge in [0, 0.05) is 18.7 Å². The van der Waals surface area contributed by atoms with Crippen LogP contribution in [0.4, 0.5) is 0 Å². The van der Waals surface area contributed by atoms with Gasteiger partial charge in [0.05, 0.1) is 7.11 Å². The molecule has 0 aliphatic heterocycles. The lowest BCUT2D eigenvalue weighted by atomic mass is 10.2. The van der Waals surface area contributed by atoms with Crippen LogP contribution in [0, 0.1) is 0 Å². The highest BCUT2D eigenvalue weighted by atomic mass is 35.5. The predicted molar refractivity (Wildman–Crippen MR) is 69.3 cm³/mol. The summed E-state index contributed by atoms with van der Waals surface area (Å²) in [6.45, 7) is 4.58. The number of methoxy groups -OCH3 is 1. The molecule has 17 heavy (non-hydrogen) atoms. The van der Waals surface area contributed by atoms with Crippen LogP contribution in [0.1, 0.15) is 5.56 Å². The van der Waals surface area contributed by atoms with E-state index in [9.17, 15) is 4.79 Å². The fourth-order valence-corrected chi connectivity index (χ4v) is 1.70. The van der Waals surface area contributed by atoms with Crippen molar-refractivity contribution in [3.8, 4) is 5.75 Å². The molecule has 0 saturated carbocycles. The van der Waals surface area contributed by atoms with Gasteiger partial charge in [0.25, 0.3) is 0 Å². The van der Waals surface area contributed by atoms with Gasteiger partial charge in [-0.1, -0.05) is 24.3 Å². The summed E-state index contributed by atoms with van der Waals surface area (Å²) in [5.74, 6) is 0.629. The van der Waals surface area contributed by atoms with Crippen molar-refractivity contribution in [3.05, 3.63) is 42.5 Å². The highest BCUT2D eigenvalue weighted by Gasteiger charge is 2.13. The Bertz CT molecular complexity index is 393. The van der Waals surface area contributed by atoms with Gasteiger partial charge in [0.15, 0.2) is 0 Å². The molecular weight excluding hydrogens is 238 g/mol. The fourth-order valence-electron chi connectivity index (χ4n) is 1.53. The third kappa shape index (κ3) is 3.79. The van der Waals surface area contributed by atoms with Crippen molar-refractivity contribution >= 4 is 17.5 Å². The Kier molecular flexibility index (Phi) is 5.57. The van der Waals surface area contributed by atoms with Gasteiger partial charge in [-0.3, -0.25) is 4.79 Å². The number of alkyl halides is 1. The minimum absolute atomic E-state index is 0.0248. The van der Waals surface area contributed by atoms with Gasteiger partial charge in [-0.15, -0.1) is 18.2 Å². The number of benzene rings is 1. The maximum atomic E-state index is 11.6. The Labute approximate surface area is 107 Å². The molecule has 0 atom stereocenters. The number of nitrogens with zero attached hydrogens (tertiary/aromatic N) is 1. The highest BCUT2D eigenvalue weighted by Crippen LogP contribution is 2.19. The van der Waals surface area contributed by atoms with Crippen LogP contribution in [0.2, 0.25) is 0 Å². The Morgan fingerprint density at radius 3 is 2.82 bits per heavy atom. The standard InChI is InChI=1S/C13H16ClNO2/c1-3-8-15(13(16)9-14)10-11-6-4-5-7-12(11)17-2/h3-7H,1,8-10H2,2H3. The monoisotopic (exact) mass is 253 g/mol. The SMILES string of the molecule is C=CCN(Cc1ccccc1OC)C(=O)CCl. The maximum absolute atomic E-state index is 11.6. The predicted octanol–water partition coefficient (Wildman–Crippen LogP) is 2.45. The van der Waals surface area contributed by atoms with Crippen LogP contribution < -0.4 is 4.74 Å². The van der Waals surface area contributed by atoms with Crippen molar-refractivity contribution in [1.29, 1.82) is 0 Å². The van der Waals surface area contributed by atoms with Crippen molar-refractivity contribution in [2.24, 2.45) is 0 Å². The zero-order valence-electron chi connectivity index (χ0n) is 9.86. The summed E-state index contributed by atoms with van der Waals surface area (Å²) in [5, 5.41) is 0. The summed E-state index contributed by atoms with van der Waals surface area (Å²) >= 11 is 5.57. The van der Waals surface area contributed by atoms with E-state index in [0.717, 1.165) is 11.3 Å². The Balaban J connectivity index is 2.85. The van der Waals surface area contributed by atoms with Crippen molar-refractivity contribution in [3.63, 3.8) is 0 Å². The molecule has 1 amide bonds. The molecule has 0 spiro atoms. The fraction of sp³-hybridized carbons (Fsp3) is 0.308. The number of carbonyl (C=O) groups excluding carboxylic acids is 1. The van der Waals surface area contributed by atoms with Crippen LogP contribution in [0.3, 0.4) is 0 Å². The Hall–Kier alpha value is -1.48. The van der Waals surface area contributed by atoms with Gasteiger partial charge in [-0.2, -0.15) is 0 Å². The first-order valence-corrected chi connectivity index (χ1v) is 5.83. The lowest BCUT2D eigenvalue weighted by Crippen LogP contribution is -2.31. The molecule has 0 radical (unpaired) electrons. The van der Waals surface area contributed by atoms with E-state index >= 15 is 0 Å². The van der Waals surface area contributed by atoms with E-state index in [-0.39, 0.29) is 11.8 Å². The third-order valence-electron chi connectivity index (χ3n) is 2.37. The molecule has 0 N–H and O–H groups in total. The number of carbonyl (C=O) groups is 1. The molecule has 0 unspecified atom stereocenters. The summed E-state index contributed by atoms with van der Waals surface area (Å²) in [6.07, 6.45) is 1.68. The van der Waals surface area contributed by atoms with Crippen molar-refractivity contribution in [1.82, 2.24) is 4.90 Å². The second-order valence-electron chi connectivity index (χ2n) is 3.51. The van der Waals surface area contributed by atoms with Crippen molar-refractivity contribution in [2.45, 2.75) is 6.54 Å². The molecule has 4 heteroatoms. The Morgan fingerprint density at radius 2 is 2.24 bits per heavy atom. The maximum Gasteiger partial charge on any atom is 0.238 e. The Morgan fingerprint density at radius 1 is 1.53 bits per heavy atom. The topological polar surface area (TPSA) is 29.5 Å². The number of amides is 1. The van der Waals surface area contributed by atoms with E-state index in [1.54, 1.807) is 18.1 Å². The average Bonchev–Trinajstić information content (AvgIpc) is 2.38. The minimum atomic E-state index is -0.113. The highest BCUT2D eigenvalue weighted by molar-refractivity contribution is 6.27. The molecule has 0 aromatic heterocycles. The smallest absolute Gasteiger partial charge is 0.238 e. The van der Waals surface area contributed by atoms with Gasteiger partial charge < -0.3 is 9.64 Å². The zero-order valence-corrected chi connectivity index (χ0v) is 10.6. The van der Waals surface area contributed by atoms with Crippen LogP contribution in [-0.2, 0) is 11.3 Å². The largest absolute Gasteiger partial charge is 0.496 e. The first kappa shape index (κ1) is 13.6. The molecule has 0 aliphatic rings. The zero-order chi connectivity index (χ0) is 12.7. The molecule has 0 fully saturated rings. The summed E-state index contributed by atoms with van der Waals surface area (Å²) in [7, 11) is 1.61. The summed E-state index contributed by atoms with van der Waals surface area (Å²) in [5.41, 5.74) is 0.954. The number of ether oxygens (including phenoxy) is 1. The molecule has 0 saturated heterocycles. The minimum Gasteiger partial charge on any atom is -0.496 e. The number of hydrogen-bond donors (Lipinski definition) is 0. The molecule has 1 aromatic carbocycles.